The van der Waals surface area contributed by atoms with E-state index in [2.05, 4.69) is 20.0 Å². The Bertz CT molecular complexity index is 1370. The number of anilines is 2. The van der Waals surface area contributed by atoms with E-state index in [9.17, 15) is 33.4 Å². The SMILES string of the molecule is Cc1cc(C)nc(NS(=O)(=O)c2ccc(NC(=O)c3cc([N+](=O)[O-])c(Cl)c([N+](=O)[O-])c3)cc2)n1. The summed E-state index contributed by atoms with van der Waals surface area (Å²) >= 11 is 5.68. The number of hydrogen-bond acceptors (Lipinski definition) is 9. The fraction of sp³-hybridized carbons (Fsp3) is 0.105. The molecule has 176 valence electrons. The molecule has 3 aromatic rings. The average molecular weight is 507 g/mol. The second-order valence-corrected chi connectivity index (χ2v) is 8.96. The van der Waals surface area contributed by atoms with Crippen LogP contribution in [0.1, 0.15) is 21.7 Å². The first-order valence-electron chi connectivity index (χ1n) is 9.26. The fourth-order valence-corrected chi connectivity index (χ4v) is 4.05. The molecule has 1 heterocycles. The van der Waals surface area contributed by atoms with Gasteiger partial charge in [0.1, 0.15) is 0 Å². The van der Waals surface area contributed by atoms with E-state index in [-0.39, 0.29) is 22.1 Å². The number of aryl methyl sites for hydroxylation is 2. The Labute approximate surface area is 197 Å². The van der Waals surface area contributed by atoms with Gasteiger partial charge in [-0.15, -0.1) is 0 Å². The van der Waals surface area contributed by atoms with Crippen LogP contribution in [-0.4, -0.2) is 34.1 Å². The summed E-state index contributed by atoms with van der Waals surface area (Å²) in [4.78, 5) is 40.8. The Kier molecular flexibility index (Phi) is 6.74. The molecule has 0 atom stereocenters. The van der Waals surface area contributed by atoms with Gasteiger partial charge in [0, 0.05) is 29.2 Å². The third kappa shape index (κ3) is 5.41. The molecule has 0 bridgehead atoms. The van der Waals surface area contributed by atoms with E-state index in [1.165, 1.54) is 24.3 Å². The van der Waals surface area contributed by atoms with Crippen molar-refractivity contribution in [3.63, 3.8) is 0 Å². The van der Waals surface area contributed by atoms with Crippen molar-refractivity contribution >= 4 is 50.5 Å². The van der Waals surface area contributed by atoms with Crippen LogP contribution < -0.4 is 10.0 Å². The lowest BCUT2D eigenvalue weighted by atomic mass is 10.1. The molecule has 2 N–H and O–H groups in total. The van der Waals surface area contributed by atoms with Gasteiger partial charge in [-0.2, -0.15) is 0 Å². The highest BCUT2D eigenvalue weighted by Crippen LogP contribution is 2.35. The molecule has 1 amide bonds. The number of amides is 1. The second kappa shape index (κ2) is 9.36. The van der Waals surface area contributed by atoms with E-state index >= 15 is 0 Å². The summed E-state index contributed by atoms with van der Waals surface area (Å²) < 4.78 is 27.5. The largest absolute Gasteiger partial charge is 0.322 e. The van der Waals surface area contributed by atoms with Crippen LogP contribution >= 0.6 is 11.6 Å². The first-order chi connectivity index (χ1) is 15.9. The zero-order chi connectivity index (χ0) is 25.2. The molecule has 2 aromatic carbocycles. The molecule has 0 aliphatic carbocycles. The topological polar surface area (TPSA) is 187 Å². The van der Waals surface area contributed by atoms with Gasteiger partial charge in [-0.1, -0.05) is 11.6 Å². The zero-order valence-electron chi connectivity index (χ0n) is 17.5. The van der Waals surface area contributed by atoms with E-state index in [1.54, 1.807) is 19.9 Å². The number of hydrogen-bond donors (Lipinski definition) is 2. The predicted molar refractivity (Wildman–Crippen MR) is 121 cm³/mol. The molecule has 15 heteroatoms. The Hall–Kier alpha value is -4.17. The standard InChI is InChI=1S/C19H15ClN6O7S/c1-10-7-11(2)22-19(21-10)24-34(32,33)14-5-3-13(4-6-14)23-18(27)12-8-15(25(28)29)17(20)16(9-12)26(30)31/h3-9H,1-2H3,(H,23,27)(H,21,22,24). The van der Waals surface area contributed by atoms with Crippen LogP contribution in [0.5, 0.6) is 0 Å². The number of carbonyl (C=O) groups excluding carboxylic acids is 1. The Morgan fingerprint density at radius 2 is 1.44 bits per heavy atom. The zero-order valence-corrected chi connectivity index (χ0v) is 19.0. The maximum absolute atomic E-state index is 12.6. The van der Waals surface area contributed by atoms with Crippen LogP contribution in [0.15, 0.2) is 47.4 Å². The van der Waals surface area contributed by atoms with Crippen molar-refractivity contribution in [1.29, 1.82) is 0 Å². The summed E-state index contributed by atoms with van der Waals surface area (Å²) in [5.41, 5.74) is -0.707. The molecule has 0 saturated carbocycles. The smallest absolute Gasteiger partial charge is 0.295 e. The van der Waals surface area contributed by atoms with E-state index in [4.69, 9.17) is 11.6 Å². The Morgan fingerprint density at radius 3 is 1.91 bits per heavy atom. The lowest BCUT2D eigenvalue weighted by Gasteiger charge is -2.10. The van der Waals surface area contributed by atoms with Gasteiger partial charge in [0.2, 0.25) is 5.95 Å². The van der Waals surface area contributed by atoms with Gasteiger partial charge >= 0.3 is 0 Å². The number of aromatic nitrogens is 2. The summed E-state index contributed by atoms with van der Waals surface area (Å²) in [7, 11) is -4.03. The molecule has 0 aliphatic rings. The minimum atomic E-state index is -4.03. The Morgan fingerprint density at radius 1 is 0.941 bits per heavy atom. The van der Waals surface area contributed by atoms with Gasteiger partial charge in [-0.05, 0) is 44.2 Å². The van der Waals surface area contributed by atoms with Gasteiger partial charge in [-0.25, -0.2) is 23.1 Å². The minimum absolute atomic E-state index is 0.0965. The summed E-state index contributed by atoms with van der Waals surface area (Å²) in [6, 6.07) is 8.23. The quantitative estimate of drug-likeness (QED) is 0.356. The van der Waals surface area contributed by atoms with Gasteiger partial charge in [-0.3, -0.25) is 25.0 Å². The number of sulfonamides is 1. The number of rotatable bonds is 7. The van der Waals surface area contributed by atoms with E-state index in [1.807, 2.05) is 0 Å². The molecule has 0 unspecified atom stereocenters. The number of benzene rings is 2. The van der Waals surface area contributed by atoms with E-state index < -0.39 is 42.2 Å². The van der Waals surface area contributed by atoms with Crippen molar-refractivity contribution < 1.29 is 23.1 Å². The molecule has 13 nitrogen and oxygen atoms in total. The number of nitro groups is 2. The number of halogens is 1. The lowest BCUT2D eigenvalue weighted by molar-refractivity contribution is -0.393. The number of nitro benzene ring substituents is 2. The molecule has 0 spiro atoms. The first kappa shape index (κ1) is 24.5. The van der Waals surface area contributed by atoms with Crippen LogP contribution in [0.3, 0.4) is 0 Å². The monoisotopic (exact) mass is 506 g/mol. The summed E-state index contributed by atoms with van der Waals surface area (Å²) in [6.45, 7) is 3.38. The highest BCUT2D eigenvalue weighted by molar-refractivity contribution is 7.92. The second-order valence-electron chi connectivity index (χ2n) is 6.90. The molecule has 1 aromatic heterocycles. The third-order valence-electron chi connectivity index (χ3n) is 4.32. The lowest BCUT2D eigenvalue weighted by Crippen LogP contribution is -2.16. The van der Waals surface area contributed by atoms with Crippen molar-refractivity contribution in [2.45, 2.75) is 18.7 Å². The van der Waals surface area contributed by atoms with E-state index in [0.29, 0.717) is 11.4 Å². The Balaban J connectivity index is 1.82. The number of nitrogens with zero attached hydrogens (tertiary/aromatic N) is 4. The molecular weight excluding hydrogens is 492 g/mol. The van der Waals surface area contributed by atoms with Crippen molar-refractivity contribution in [1.82, 2.24) is 9.97 Å². The van der Waals surface area contributed by atoms with Crippen molar-refractivity contribution in [3.8, 4) is 0 Å². The number of carbonyl (C=O) groups is 1. The van der Waals surface area contributed by atoms with Gasteiger partial charge < -0.3 is 5.32 Å². The molecular formula is C19H15ClN6O7S. The normalized spacial score (nSPS) is 11.0. The summed E-state index contributed by atoms with van der Waals surface area (Å²) in [5.74, 6) is -0.999. The maximum atomic E-state index is 12.6. The van der Waals surface area contributed by atoms with Gasteiger partial charge in [0.05, 0.1) is 20.3 Å². The van der Waals surface area contributed by atoms with Crippen LogP contribution in [-0.2, 0) is 10.0 Å². The predicted octanol–water partition coefficient (Wildman–Crippen LogP) is 3.62. The number of nitrogens with one attached hydrogen (secondary N) is 2. The minimum Gasteiger partial charge on any atom is -0.322 e. The third-order valence-corrected chi connectivity index (χ3v) is 6.05. The van der Waals surface area contributed by atoms with Crippen LogP contribution in [0.4, 0.5) is 23.0 Å². The van der Waals surface area contributed by atoms with Crippen LogP contribution in [0.2, 0.25) is 5.02 Å². The average Bonchev–Trinajstić information content (AvgIpc) is 2.72. The van der Waals surface area contributed by atoms with Gasteiger partial charge in [0.15, 0.2) is 5.02 Å². The molecule has 0 fully saturated rings. The van der Waals surface area contributed by atoms with Crippen LogP contribution in [0.25, 0.3) is 0 Å². The van der Waals surface area contributed by atoms with Crippen molar-refractivity contribution in [3.05, 3.63) is 84.7 Å². The molecule has 0 saturated heterocycles. The summed E-state index contributed by atoms with van der Waals surface area (Å²) in [6.07, 6.45) is 0. The van der Waals surface area contributed by atoms with Crippen molar-refractivity contribution in [2.75, 3.05) is 10.0 Å². The molecule has 3 rings (SSSR count). The van der Waals surface area contributed by atoms with Crippen molar-refractivity contribution in [2.24, 2.45) is 0 Å². The molecule has 0 aliphatic heterocycles. The van der Waals surface area contributed by atoms with Gasteiger partial charge in [0.25, 0.3) is 27.3 Å². The first-order valence-corrected chi connectivity index (χ1v) is 11.1. The van der Waals surface area contributed by atoms with Crippen LogP contribution in [0, 0.1) is 34.1 Å². The molecule has 34 heavy (non-hydrogen) atoms. The highest BCUT2D eigenvalue weighted by atomic mass is 35.5. The molecule has 0 radical (unpaired) electrons. The fourth-order valence-electron chi connectivity index (χ4n) is 2.86. The summed E-state index contributed by atoms with van der Waals surface area (Å²) in [5, 5.41) is 23.9. The van der Waals surface area contributed by atoms with E-state index in [0.717, 1.165) is 12.1 Å². The maximum Gasteiger partial charge on any atom is 0.295 e. The highest BCUT2D eigenvalue weighted by Gasteiger charge is 2.27.